The Morgan fingerprint density at radius 1 is 1.15 bits per heavy atom. The predicted octanol–water partition coefficient (Wildman–Crippen LogP) is 5.23. The quantitative estimate of drug-likeness (QED) is 0.454. The summed E-state index contributed by atoms with van der Waals surface area (Å²) < 4.78 is 20.6. The molecule has 8 heteroatoms. The molecule has 5 rings (SSSR count). The van der Waals surface area contributed by atoms with E-state index in [1.54, 1.807) is 16.8 Å². The summed E-state index contributed by atoms with van der Waals surface area (Å²) in [5.74, 6) is 0.491. The third kappa shape index (κ3) is 3.82. The van der Waals surface area contributed by atoms with Crippen molar-refractivity contribution in [2.75, 3.05) is 5.32 Å². The monoisotopic (exact) mass is 445 g/mol. The number of amides is 1. The van der Waals surface area contributed by atoms with Crippen molar-refractivity contribution in [3.05, 3.63) is 76.6 Å². The lowest BCUT2D eigenvalue weighted by atomic mass is 10.1. The molecule has 2 heterocycles. The lowest BCUT2D eigenvalue weighted by Gasteiger charge is -2.11. The molecule has 0 saturated carbocycles. The van der Waals surface area contributed by atoms with E-state index in [2.05, 4.69) is 20.6 Å². The Labute approximate surface area is 190 Å². The van der Waals surface area contributed by atoms with E-state index in [0.29, 0.717) is 28.7 Å². The van der Waals surface area contributed by atoms with Crippen molar-refractivity contribution in [1.29, 1.82) is 0 Å². The van der Waals surface area contributed by atoms with Crippen LogP contribution in [-0.4, -0.2) is 25.8 Å². The normalized spacial score (nSPS) is 12.9. The summed E-state index contributed by atoms with van der Waals surface area (Å²) in [6, 6.07) is 11.8. The number of hydrogen-bond donors (Lipinski definition) is 1. The number of anilines is 1. The summed E-state index contributed by atoms with van der Waals surface area (Å²) in [5.41, 5.74) is 5.20. The first-order chi connectivity index (χ1) is 15.9. The topological polar surface area (TPSA) is 85.8 Å². The summed E-state index contributed by atoms with van der Waals surface area (Å²) in [4.78, 5) is 17.9. The van der Waals surface area contributed by atoms with E-state index in [0.717, 1.165) is 41.8 Å². The Bertz CT molecular complexity index is 1340. The Morgan fingerprint density at radius 2 is 1.94 bits per heavy atom. The SMILES string of the molecule is Cc1cccc(-c2nc(C(C)C)no2)c1NC(=O)c1nn(-c2ccc(F)cc2)c2c1CCC2. The highest BCUT2D eigenvalue weighted by Gasteiger charge is 2.28. The number of benzene rings is 2. The van der Waals surface area contributed by atoms with Gasteiger partial charge in [0.2, 0.25) is 0 Å². The second-order valence-corrected chi connectivity index (χ2v) is 8.58. The van der Waals surface area contributed by atoms with Crippen LogP contribution < -0.4 is 5.32 Å². The number of nitrogens with one attached hydrogen (secondary N) is 1. The summed E-state index contributed by atoms with van der Waals surface area (Å²) in [6.45, 7) is 5.90. The van der Waals surface area contributed by atoms with Crippen LogP contribution in [0.1, 0.15) is 59.3 Å². The Morgan fingerprint density at radius 3 is 2.67 bits per heavy atom. The van der Waals surface area contributed by atoms with E-state index >= 15 is 0 Å². The Hall–Kier alpha value is -3.81. The van der Waals surface area contributed by atoms with Gasteiger partial charge in [-0.25, -0.2) is 9.07 Å². The molecule has 0 bridgehead atoms. The van der Waals surface area contributed by atoms with Crippen LogP contribution in [0.4, 0.5) is 10.1 Å². The molecule has 7 nitrogen and oxygen atoms in total. The zero-order valence-corrected chi connectivity index (χ0v) is 18.7. The molecule has 2 aromatic carbocycles. The van der Waals surface area contributed by atoms with Crippen LogP contribution in [0.15, 0.2) is 47.0 Å². The van der Waals surface area contributed by atoms with Crippen molar-refractivity contribution in [3.8, 4) is 17.1 Å². The number of rotatable bonds is 5. The minimum absolute atomic E-state index is 0.128. The molecule has 168 valence electrons. The third-order valence-electron chi connectivity index (χ3n) is 5.92. The Kier molecular flexibility index (Phi) is 5.28. The molecule has 0 saturated heterocycles. The molecule has 1 amide bonds. The van der Waals surface area contributed by atoms with Gasteiger partial charge >= 0.3 is 0 Å². The molecule has 0 spiro atoms. The molecule has 33 heavy (non-hydrogen) atoms. The first kappa shape index (κ1) is 21.1. The first-order valence-corrected chi connectivity index (χ1v) is 11.0. The van der Waals surface area contributed by atoms with Crippen molar-refractivity contribution in [2.24, 2.45) is 0 Å². The smallest absolute Gasteiger partial charge is 0.276 e. The molecular formula is C25H24FN5O2. The molecule has 0 unspecified atom stereocenters. The van der Waals surface area contributed by atoms with Gasteiger partial charge in [-0.05, 0) is 62.1 Å². The van der Waals surface area contributed by atoms with Crippen LogP contribution in [0.25, 0.3) is 17.1 Å². The van der Waals surface area contributed by atoms with Gasteiger partial charge < -0.3 is 9.84 Å². The summed E-state index contributed by atoms with van der Waals surface area (Å²) in [7, 11) is 0. The van der Waals surface area contributed by atoms with Gasteiger partial charge in [0.25, 0.3) is 11.8 Å². The fraction of sp³-hybridized carbons (Fsp3) is 0.280. The predicted molar refractivity (Wildman–Crippen MR) is 122 cm³/mol. The highest BCUT2D eigenvalue weighted by Crippen LogP contribution is 2.33. The van der Waals surface area contributed by atoms with Gasteiger partial charge in [0.15, 0.2) is 11.5 Å². The maximum atomic E-state index is 13.4. The van der Waals surface area contributed by atoms with Gasteiger partial charge in [-0.3, -0.25) is 4.79 Å². The second kappa shape index (κ2) is 8.27. The molecule has 1 aliphatic carbocycles. The van der Waals surface area contributed by atoms with Crippen LogP contribution in [-0.2, 0) is 12.8 Å². The van der Waals surface area contributed by atoms with Gasteiger partial charge in [-0.1, -0.05) is 31.1 Å². The van der Waals surface area contributed by atoms with Crippen molar-refractivity contribution < 1.29 is 13.7 Å². The Balaban J connectivity index is 1.51. The lowest BCUT2D eigenvalue weighted by Crippen LogP contribution is -2.16. The molecule has 1 aliphatic rings. The van der Waals surface area contributed by atoms with Gasteiger partial charge in [0.1, 0.15) is 5.82 Å². The minimum atomic E-state index is -0.311. The van der Waals surface area contributed by atoms with E-state index in [4.69, 9.17) is 4.52 Å². The van der Waals surface area contributed by atoms with Crippen LogP contribution in [0.5, 0.6) is 0 Å². The third-order valence-corrected chi connectivity index (χ3v) is 5.92. The van der Waals surface area contributed by atoms with Crippen molar-refractivity contribution in [3.63, 3.8) is 0 Å². The maximum Gasteiger partial charge on any atom is 0.276 e. The lowest BCUT2D eigenvalue weighted by molar-refractivity contribution is 0.102. The number of fused-ring (bicyclic) bond motifs is 1. The minimum Gasteiger partial charge on any atom is -0.334 e. The number of carbonyl (C=O) groups is 1. The van der Waals surface area contributed by atoms with Crippen molar-refractivity contribution in [1.82, 2.24) is 19.9 Å². The average Bonchev–Trinajstić information content (AvgIpc) is 3.52. The zero-order chi connectivity index (χ0) is 23.1. The largest absolute Gasteiger partial charge is 0.334 e. The molecule has 0 fully saturated rings. The number of aryl methyl sites for hydroxylation is 1. The van der Waals surface area contributed by atoms with Crippen LogP contribution in [0, 0.1) is 12.7 Å². The van der Waals surface area contributed by atoms with Crippen LogP contribution in [0.3, 0.4) is 0 Å². The van der Waals surface area contributed by atoms with E-state index < -0.39 is 0 Å². The molecule has 0 radical (unpaired) electrons. The summed E-state index contributed by atoms with van der Waals surface area (Å²) >= 11 is 0. The number of para-hydroxylation sites is 1. The molecule has 0 atom stereocenters. The number of aromatic nitrogens is 4. The summed E-state index contributed by atoms with van der Waals surface area (Å²) in [5, 5.41) is 11.7. The number of halogens is 1. The second-order valence-electron chi connectivity index (χ2n) is 8.58. The van der Waals surface area contributed by atoms with Gasteiger partial charge in [-0.15, -0.1) is 0 Å². The van der Waals surface area contributed by atoms with E-state index in [9.17, 15) is 9.18 Å². The van der Waals surface area contributed by atoms with Crippen LogP contribution in [0.2, 0.25) is 0 Å². The number of hydrogen-bond acceptors (Lipinski definition) is 5. The van der Waals surface area contributed by atoms with E-state index in [-0.39, 0.29) is 17.6 Å². The maximum absolute atomic E-state index is 13.4. The van der Waals surface area contributed by atoms with Crippen molar-refractivity contribution in [2.45, 2.75) is 46.0 Å². The molecule has 0 aliphatic heterocycles. The van der Waals surface area contributed by atoms with Crippen molar-refractivity contribution >= 4 is 11.6 Å². The van der Waals surface area contributed by atoms with Gasteiger partial charge in [-0.2, -0.15) is 10.1 Å². The molecule has 2 aromatic heterocycles. The van der Waals surface area contributed by atoms with E-state index in [1.165, 1.54) is 12.1 Å². The highest BCUT2D eigenvalue weighted by molar-refractivity contribution is 6.06. The fourth-order valence-corrected chi connectivity index (χ4v) is 4.18. The summed E-state index contributed by atoms with van der Waals surface area (Å²) in [6.07, 6.45) is 2.55. The molecule has 1 N–H and O–H groups in total. The van der Waals surface area contributed by atoms with Crippen LogP contribution >= 0.6 is 0 Å². The molecule has 4 aromatic rings. The molecular weight excluding hydrogens is 421 g/mol. The van der Waals surface area contributed by atoms with Gasteiger partial charge in [0, 0.05) is 17.2 Å². The zero-order valence-electron chi connectivity index (χ0n) is 18.7. The average molecular weight is 445 g/mol. The first-order valence-electron chi connectivity index (χ1n) is 11.0. The van der Waals surface area contributed by atoms with Gasteiger partial charge in [0.05, 0.1) is 16.9 Å². The van der Waals surface area contributed by atoms with E-state index in [1.807, 2.05) is 39.0 Å². The fourth-order valence-electron chi connectivity index (χ4n) is 4.18. The standard InChI is InChI=1S/C25H24FN5O2/c1-14(2)23-28-25(33-30-23)19-8-4-6-15(3)21(19)27-24(32)22-18-7-5-9-20(18)31(29-22)17-12-10-16(26)11-13-17/h4,6,8,10-14H,5,7,9H2,1-3H3,(H,27,32). The number of nitrogens with zero attached hydrogens (tertiary/aromatic N) is 4. The highest BCUT2D eigenvalue weighted by atomic mass is 19.1. The number of carbonyl (C=O) groups excluding carboxylic acids is 1.